The van der Waals surface area contributed by atoms with Crippen molar-refractivity contribution in [2.45, 2.75) is 30.6 Å². The first kappa shape index (κ1) is 23.2. The summed E-state index contributed by atoms with van der Waals surface area (Å²) in [5, 5.41) is 3.08. The van der Waals surface area contributed by atoms with Crippen LogP contribution in [0.3, 0.4) is 0 Å². The largest absolute Gasteiger partial charge is 0.493 e. The van der Waals surface area contributed by atoms with E-state index in [1.807, 2.05) is 12.3 Å². The minimum Gasteiger partial charge on any atom is -0.493 e. The van der Waals surface area contributed by atoms with E-state index in [-0.39, 0.29) is 22.3 Å². The van der Waals surface area contributed by atoms with Crippen molar-refractivity contribution in [3.63, 3.8) is 0 Å². The Morgan fingerprint density at radius 2 is 1.90 bits per heavy atom. The molecule has 3 rings (SSSR count). The van der Waals surface area contributed by atoms with E-state index in [0.717, 1.165) is 10.7 Å². The number of hydrogen-bond acceptors (Lipinski definition) is 8. The summed E-state index contributed by atoms with van der Waals surface area (Å²) < 4.78 is 43.8. The molecule has 0 aliphatic carbocycles. The number of carbonyl (C=O) groups excluding carboxylic acids is 1. The van der Waals surface area contributed by atoms with E-state index in [1.165, 1.54) is 43.9 Å². The van der Waals surface area contributed by atoms with Crippen molar-refractivity contribution in [1.82, 2.24) is 9.29 Å². The van der Waals surface area contributed by atoms with Crippen LogP contribution >= 0.6 is 11.3 Å². The minimum absolute atomic E-state index is 0.00223. The fraction of sp³-hybridized carbons (Fsp3) is 0.429. The molecule has 0 N–H and O–H groups in total. The highest BCUT2D eigenvalue weighted by molar-refractivity contribution is 7.89. The number of nitrogens with zero attached hydrogens (tertiary/aromatic N) is 2. The second-order valence-electron chi connectivity index (χ2n) is 7.12. The normalized spacial score (nSPS) is 15.9. The van der Waals surface area contributed by atoms with Gasteiger partial charge in [-0.25, -0.2) is 18.2 Å². The van der Waals surface area contributed by atoms with E-state index in [0.29, 0.717) is 31.5 Å². The zero-order valence-corrected chi connectivity index (χ0v) is 19.6. The third kappa shape index (κ3) is 5.08. The number of esters is 1. The van der Waals surface area contributed by atoms with Crippen LogP contribution < -0.4 is 9.47 Å². The maximum atomic E-state index is 13.5. The van der Waals surface area contributed by atoms with E-state index < -0.39 is 16.0 Å². The Hall–Kier alpha value is -2.43. The number of methoxy groups -OCH3 is 3. The van der Waals surface area contributed by atoms with Crippen LogP contribution in [0.1, 0.15) is 35.0 Å². The standard InChI is InChI=1S/C21H26N2O6S2/c1-14-13-30-21(22-14)16-7-9-23(10-8-16)31(25,26)18-12-15(5-6-19(24)28-3)11-17(27-2)20(18)29-4/h5-6,11-13,16H,7-10H2,1-4H3/b6-5-. The molecule has 1 aliphatic rings. The molecule has 1 fully saturated rings. The Kier molecular flexibility index (Phi) is 7.34. The Labute approximate surface area is 186 Å². The van der Waals surface area contributed by atoms with Gasteiger partial charge in [-0.1, -0.05) is 0 Å². The highest BCUT2D eigenvalue weighted by Gasteiger charge is 2.34. The van der Waals surface area contributed by atoms with Crippen LogP contribution in [0.5, 0.6) is 11.5 Å². The van der Waals surface area contributed by atoms with Gasteiger partial charge in [-0.15, -0.1) is 11.3 Å². The van der Waals surface area contributed by atoms with E-state index >= 15 is 0 Å². The molecule has 0 unspecified atom stereocenters. The van der Waals surface area contributed by atoms with Crippen LogP contribution in [0.4, 0.5) is 0 Å². The van der Waals surface area contributed by atoms with Gasteiger partial charge in [-0.05, 0) is 43.5 Å². The molecule has 1 aromatic heterocycles. The molecular weight excluding hydrogens is 440 g/mol. The quantitative estimate of drug-likeness (QED) is 0.457. The van der Waals surface area contributed by atoms with Gasteiger partial charge in [0.2, 0.25) is 10.0 Å². The lowest BCUT2D eigenvalue weighted by Crippen LogP contribution is -2.38. The second-order valence-corrected chi connectivity index (χ2v) is 9.91. The first-order valence-corrected chi connectivity index (χ1v) is 12.1. The minimum atomic E-state index is -3.84. The lowest BCUT2D eigenvalue weighted by molar-refractivity contribution is -0.134. The van der Waals surface area contributed by atoms with E-state index in [4.69, 9.17) is 9.47 Å². The van der Waals surface area contributed by atoms with Crippen molar-refractivity contribution in [1.29, 1.82) is 0 Å². The summed E-state index contributed by atoms with van der Waals surface area (Å²) in [6.07, 6.45) is 4.10. The van der Waals surface area contributed by atoms with E-state index in [2.05, 4.69) is 9.72 Å². The molecule has 0 radical (unpaired) electrons. The summed E-state index contributed by atoms with van der Waals surface area (Å²) >= 11 is 1.62. The monoisotopic (exact) mass is 466 g/mol. The number of piperidine rings is 1. The molecule has 10 heteroatoms. The van der Waals surface area contributed by atoms with Gasteiger partial charge in [0, 0.05) is 36.2 Å². The summed E-state index contributed by atoms with van der Waals surface area (Å²) in [6, 6.07) is 3.08. The van der Waals surface area contributed by atoms with Gasteiger partial charge in [0.15, 0.2) is 11.5 Å². The highest BCUT2D eigenvalue weighted by Crippen LogP contribution is 2.39. The molecule has 0 saturated carbocycles. The number of ether oxygens (including phenoxy) is 3. The van der Waals surface area contributed by atoms with Crippen LogP contribution in [-0.4, -0.2) is 58.1 Å². The van der Waals surface area contributed by atoms with Crippen LogP contribution in [0, 0.1) is 6.92 Å². The molecule has 0 spiro atoms. The molecule has 0 amide bonds. The molecule has 0 atom stereocenters. The molecule has 0 bridgehead atoms. The predicted octanol–water partition coefficient (Wildman–Crippen LogP) is 3.22. The number of aryl methyl sites for hydroxylation is 1. The van der Waals surface area contributed by atoms with Crippen molar-refractivity contribution < 1.29 is 27.4 Å². The Bertz CT molecular complexity index is 1070. The zero-order chi connectivity index (χ0) is 22.6. The highest BCUT2D eigenvalue weighted by atomic mass is 32.2. The van der Waals surface area contributed by atoms with Crippen LogP contribution in [-0.2, 0) is 19.6 Å². The molecule has 1 aromatic carbocycles. The van der Waals surface area contributed by atoms with Crippen LogP contribution in [0.25, 0.3) is 6.08 Å². The molecule has 31 heavy (non-hydrogen) atoms. The first-order chi connectivity index (χ1) is 14.8. The van der Waals surface area contributed by atoms with E-state index in [9.17, 15) is 13.2 Å². The topological polar surface area (TPSA) is 95.0 Å². The smallest absolute Gasteiger partial charge is 0.330 e. The summed E-state index contributed by atoms with van der Waals surface area (Å²) in [5.74, 6) is 0.117. The summed E-state index contributed by atoms with van der Waals surface area (Å²) in [5.41, 5.74) is 1.47. The third-order valence-corrected chi connectivity index (χ3v) is 8.17. The number of benzene rings is 1. The van der Waals surface area contributed by atoms with Crippen molar-refractivity contribution in [3.8, 4) is 11.5 Å². The average molecular weight is 467 g/mol. The molecule has 2 heterocycles. The zero-order valence-electron chi connectivity index (χ0n) is 18.0. The van der Waals surface area contributed by atoms with Gasteiger partial charge in [0.25, 0.3) is 0 Å². The number of rotatable bonds is 7. The number of sulfonamides is 1. The molecule has 1 saturated heterocycles. The van der Waals surface area contributed by atoms with Gasteiger partial charge in [0.05, 0.1) is 26.3 Å². The fourth-order valence-corrected chi connectivity index (χ4v) is 6.15. The number of thiazole rings is 1. The summed E-state index contributed by atoms with van der Waals surface area (Å²) in [6.45, 7) is 2.74. The first-order valence-electron chi connectivity index (χ1n) is 9.74. The second kappa shape index (κ2) is 9.80. The predicted molar refractivity (Wildman–Crippen MR) is 118 cm³/mol. The SMILES string of the molecule is COC(=O)/C=C\c1cc(OC)c(OC)c(S(=O)(=O)N2CCC(c3nc(C)cs3)CC2)c1. The van der Waals surface area contributed by atoms with E-state index in [1.54, 1.807) is 17.4 Å². The maximum Gasteiger partial charge on any atom is 0.330 e. The molecular formula is C21H26N2O6S2. The third-order valence-electron chi connectivity index (χ3n) is 5.14. The number of carbonyl (C=O) groups is 1. The summed E-state index contributed by atoms with van der Waals surface area (Å²) in [7, 11) is 0.263. The van der Waals surface area contributed by atoms with Gasteiger partial charge < -0.3 is 14.2 Å². The van der Waals surface area contributed by atoms with Crippen LogP contribution in [0.15, 0.2) is 28.5 Å². The molecule has 1 aliphatic heterocycles. The Morgan fingerprint density at radius 1 is 1.19 bits per heavy atom. The van der Waals surface area contributed by atoms with Crippen molar-refractivity contribution in [2.75, 3.05) is 34.4 Å². The summed E-state index contributed by atoms with van der Waals surface area (Å²) in [4.78, 5) is 16.0. The van der Waals surface area contributed by atoms with Crippen molar-refractivity contribution >= 4 is 33.4 Å². The van der Waals surface area contributed by atoms with Crippen LogP contribution in [0.2, 0.25) is 0 Å². The molecule has 2 aromatic rings. The maximum absolute atomic E-state index is 13.5. The van der Waals surface area contributed by atoms with Gasteiger partial charge in [0.1, 0.15) is 4.90 Å². The fourth-order valence-electron chi connectivity index (χ4n) is 3.51. The molecule has 168 valence electrons. The number of aromatic nitrogens is 1. The lowest BCUT2D eigenvalue weighted by atomic mass is 9.99. The van der Waals surface area contributed by atoms with Crippen molar-refractivity contribution in [3.05, 3.63) is 39.9 Å². The molecule has 8 nitrogen and oxygen atoms in total. The number of hydrogen-bond donors (Lipinski definition) is 0. The van der Waals surface area contributed by atoms with Gasteiger partial charge >= 0.3 is 5.97 Å². The lowest BCUT2D eigenvalue weighted by Gasteiger charge is -2.31. The average Bonchev–Trinajstić information content (AvgIpc) is 3.22. The van der Waals surface area contributed by atoms with Crippen molar-refractivity contribution in [2.24, 2.45) is 0 Å². The Morgan fingerprint density at radius 3 is 2.45 bits per heavy atom. The Balaban J connectivity index is 1.90. The van der Waals surface area contributed by atoms with Gasteiger partial charge in [-0.2, -0.15) is 4.31 Å². The van der Waals surface area contributed by atoms with Gasteiger partial charge in [-0.3, -0.25) is 0 Å².